The monoisotopic (exact) mass is 290 g/mol. The van der Waals surface area contributed by atoms with E-state index in [-0.39, 0.29) is 11.3 Å². The minimum Gasteiger partial charge on any atom is -0.508 e. The van der Waals surface area contributed by atoms with Gasteiger partial charge >= 0.3 is 5.97 Å². The van der Waals surface area contributed by atoms with E-state index in [9.17, 15) is 24.9 Å². The zero-order valence-corrected chi connectivity index (χ0v) is 10.4. The molecule has 21 heavy (non-hydrogen) atoms. The highest BCUT2D eigenvalue weighted by Crippen LogP contribution is 2.41. The number of aromatic hydroxyl groups is 4. The first-order valence-corrected chi connectivity index (χ1v) is 5.67. The zero-order chi connectivity index (χ0) is 15.7. The van der Waals surface area contributed by atoms with Crippen LogP contribution in [0.2, 0.25) is 0 Å². The summed E-state index contributed by atoms with van der Waals surface area (Å²) in [5.41, 5.74) is -1.13. The Bertz CT molecular complexity index is 732. The van der Waals surface area contributed by atoms with Gasteiger partial charge in [-0.15, -0.1) is 0 Å². The Balaban J connectivity index is 2.60. The van der Waals surface area contributed by atoms with Crippen molar-refractivity contribution in [2.24, 2.45) is 0 Å². The number of carboxylic acid groups (broad SMARTS) is 1. The van der Waals surface area contributed by atoms with E-state index in [1.165, 1.54) is 24.3 Å². The van der Waals surface area contributed by atoms with Crippen LogP contribution in [0.3, 0.4) is 0 Å². The first kappa shape index (κ1) is 14.2. The predicted octanol–water partition coefficient (Wildman–Crippen LogP) is 1.44. The van der Waals surface area contributed by atoms with Gasteiger partial charge in [-0.3, -0.25) is 4.79 Å². The van der Waals surface area contributed by atoms with Crippen LogP contribution in [0.25, 0.3) is 0 Å². The number of benzene rings is 2. The van der Waals surface area contributed by atoms with E-state index >= 15 is 0 Å². The molecule has 0 bridgehead atoms. The molecular weight excluding hydrogens is 280 g/mol. The average Bonchev–Trinajstić information content (AvgIpc) is 2.45. The van der Waals surface area contributed by atoms with Crippen LogP contribution in [0, 0.1) is 0 Å². The van der Waals surface area contributed by atoms with Crippen molar-refractivity contribution in [1.82, 2.24) is 0 Å². The van der Waals surface area contributed by atoms with Gasteiger partial charge in [0.25, 0.3) is 0 Å². The van der Waals surface area contributed by atoms with E-state index in [4.69, 9.17) is 10.2 Å². The second kappa shape index (κ2) is 5.04. The van der Waals surface area contributed by atoms with Crippen LogP contribution < -0.4 is 0 Å². The van der Waals surface area contributed by atoms with E-state index in [0.717, 1.165) is 6.07 Å². The number of ketones is 1. The lowest BCUT2D eigenvalue weighted by atomic mass is 9.99. The van der Waals surface area contributed by atoms with Gasteiger partial charge in [0.15, 0.2) is 17.3 Å². The highest BCUT2D eigenvalue weighted by atomic mass is 16.4. The van der Waals surface area contributed by atoms with Gasteiger partial charge in [-0.2, -0.15) is 0 Å². The summed E-state index contributed by atoms with van der Waals surface area (Å²) in [7, 11) is 0. The lowest BCUT2D eigenvalue weighted by Crippen LogP contribution is -2.05. The van der Waals surface area contributed by atoms with Gasteiger partial charge < -0.3 is 25.5 Å². The second-order valence-corrected chi connectivity index (χ2v) is 4.20. The first-order chi connectivity index (χ1) is 9.82. The molecule has 0 aliphatic heterocycles. The Morgan fingerprint density at radius 2 is 1.29 bits per heavy atom. The van der Waals surface area contributed by atoms with Crippen LogP contribution in [0.4, 0.5) is 0 Å². The smallest absolute Gasteiger partial charge is 0.339 e. The lowest BCUT2D eigenvalue weighted by molar-refractivity contribution is 0.0693. The summed E-state index contributed by atoms with van der Waals surface area (Å²) < 4.78 is 0. The number of carboxylic acids is 1. The molecule has 7 heteroatoms. The number of phenolic OH excluding ortho intramolecular Hbond substituents is 3. The van der Waals surface area contributed by atoms with Crippen molar-refractivity contribution in [2.45, 2.75) is 0 Å². The maximum Gasteiger partial charge on any atom is 0.339 e. The molecule has 2 aromatic rings. The Morgan fingerprint density at radius 3 is 1.81 bits per heavy atom. The Kier molecular flexibility index (Phi) is 3.41. The molecule has 0 saturated heterocycles. The van der Waals surface area contributed by atoms with Crippen molar-refractivity contribution < 1.29 is 35.1 Å². The molecule has 0 aliphatic rings. The molecule has 0 spiro atoms. The molecule has 108 valence electrons. The van der Waals surface area contributed by atoms with Gasteiger partial charge in [0.05, 0.1) is 5.56 Å². The van der Waals surface area contributed by atoms with E-state index in [1.807, 2.05) is 0 Å². The molecule has 0 radical (unpaired) electrons. The predicted molar refractivity (Wildman–Crippen MR) is 69.9 cm³/mol. The third-order valence-electron chi connectivity index (χ3n) is 2.85. The summed E-state index contributed by atoms with van der Waals surface area (Å²) in [6, 6.07) is 5.77. The minimum absolute atomic E-state index is 0.0597. The molecule has 7 nitrogen and oxygen atoms in total. The number of hydrogen-bond donors (Lipinski definition) is 5. The summed E-state index contributed by atoms with van der Waals surface area (Å²) >= 11 is 0. The molecule has 2 aromatic carbocycles. The van der Waals surface area contributed by atoms with Crippen LogP contribution in [-0.4, -0.2) is 37.3 Å². The van der Waals surface area contributed by atoms with Crippen molar-refractivity contribution in [3.63, 3.8) is 0 Å². The van der Waals surface area contributed by atoms with Crippen LogP contribution in [0.5, 0.6) is 23.0 Å². The topological polar surface area (TPSA) is 135 Å². The molecule has 0 heterocycles. The fraction of sp³-hybridized carbons (Fsp3) is 0. The minimum atomic E-state index is -1.57. The van der Waals surface area contributed by atoms with Crippen molar-refractivity contribution in [3.05, 3.63) is 47.0 Å². The molecule has 0 aliphatic carbocycles. The zero-order valence-electron chi connectivity index (χ0n) is 10.4. The van der Waals surface area contributed by atoms with Gasteiger partial charge in [-0.1, -0.05) is 0 Å². The average molecular weight is 290 g/mol. The Morgan fingerprint density at radius 1 is 0.762 bits per heavy atom. The number of phenols is 4. The second-order valence-electron chi connectivity index (χ2n) is 4.20. The van der Waals surface area contributed by atoms with Crippen molar-refractivity contribution >= 4 is 11.8 Å². The summed E-state index contributed by atoms with van der Waals surface area (Å²) in [4.78, 5) is 23.1. The quantitative estimate of drug-likeness (QED) is 0.426. The van der Waals surface area contributed by atoms with E-state index < -0.39 is 40.1 Å². The normalized spacial score (nSPS) is 10.3. The number of rotatable bonds is 3. The van der Waals surface area contributed by atoms with Crippen LogP contribution in [0.15, 0.2) is 30.3 Å². The van der Waals surface area contributed by atoms with Crippen molar-refractivity contribution in [3.8, 4) is 23.0 Å². The van der Waals surface area contributed by atoms with E-state index in [2.05, 4.69) is 0 Å². The summed E-state index contributed by atoms with van der Waals surface area (Å²) in [6.45, 7) is 0. The maximum atomic E-state index is 12.2. The molecule has 2 rings (SSSR count). The molecule has 0 aromatic heterocycles. The highest BCUT2D eigenvalue weighted by molar-refractivity contribution is 6.12. The van der Waals surface area contributed by atoms with Gasteiger partial charge in [0.1, 0.15) is 11.3 Å². The number of aromatic carboxylic acids is 1. The van der Waals surface area contributed by atoms with Crippen LogP contribution in [0.1, 0.15) is 26.3 Å². The lowest BCUT2D eigenvalue weighted by Gasteiger charge is -2.09. The van der Waals surface area contributed by atoms with Crippen molar-refractivity contribution in [1.29, 1.82) is 0 Å². The molecule has 0 unspecified atom stereocenters. The van der Waals surface area contributed by atoms with Crippen LogP contribution in [-0.2, 0) is 0 Å². The fourth-order valence-electron chi connectivity index (χ4n) is 1.75. The molecule has 0 amide bonds. The fourth-order valence-corrected chi connectivity index (χ4v) is 1.75. The Hall–Kier alpha value is -3.22. The van der Waals surface area contributed by atoms with Gasteiger partial charge in [-0.05, 0) is 30.3 Å². The van der Waals surface area contributed by atoms with Gasteiger partial charge in [-0.25, -0.2) is 4.79 Å². The van der Waals surface area contributed by atoms with E-state index in [1.54, 1.807) is 0 Å². The van der Waals surface area contributed by atoms with Gasteiger partial charge in [0, 0.05) is 5.56 Å². The Labute approximate surface area is 118 Å². The molecule has 5 N–H and O–H groups in total. The standard InChI is InChI=1S/C14H10O7/c15-7-3-1-6(2-4-7)10(16)8-5-9(14(20)21)12(18)13(19)11(8)17/h1-5,15,17-19H,(H,20,21). The molecule has 0 saturated carbocycles. The third-order valence-corrected chi connectivity index (χ3v) is 2.85. The summed E-state index contributed by atoms with van der Waals surface area (Å²) in [5, 5.41) is 46.7. The first-order valence-electron chi connectivity index (χ1n) is 5.67. The van der Waals surface area contributed by atoms with Crippen molar-refractivity contribution in [2.75, 3.05) is 0 Å². The number of carbonyl (C=O) groups excluding carboxylic acids is 1. The van der Waals surface area contributed by atoms with E-state index in [0.29, 0.717) is 0 Å². The summed E-state index contributed by atoms with van der Waals surface area (Å²) in [5.74, 6) is -5.45. The largest absolute Gasteiger partial charge is 0.508 e. The molecule has 0 fully saturated rings. The molecule has 0 atom stereocenters. The third kappa shape index (κ3) is 2.44. The number of carbonyl (C=O) groups is 2. The molecular formula is C14H10O7. The van der Waals surface area contributed by atoms with Crippen LogP contribution >= 0.6 is 0 Å². The SMILES string of the molecule is O=C(O)c1cc(C(=O)c2ccc(O)cc2)c(O)c(O)c1O. The highest BCUT2D eigenvalue weighted by Gasteiger charge is 2.24. The number of hydrogen-bond acceptors (Lipinski definition) is 6. The van der Waals surface area contributed by atoms with Gasteiger partial charge in [0.2, 0.25) is 5.75 Å². The summed E-state index contributed by atoms with van der Waals surface area (Å²) in [6.07, 6.45) is 0. The maximum absolute atomic E-state index is 12.2.